The lowest BCUT2D eigenvalue weighted by Gasteiger charge is -2.31. The zero-order chi connectivity index (χ0) is 16.7. The number of rotatable bonds is 4. The molecule has 1 aromatic carbocycles. The van der Waals surface area contributed by atoms with E-state index in [-0.39, 0.29) is 17.5 Å². The van der Waals surface area contributed by atoms with Crippen molar-refractivity contribution in [3.63, 3.8) is 0 Å². The number of aromatic nitrogens is 2. The Morgan fingerprint density at radius 1 is 1.29 bits per heavy atom. The highest BCUT2D eigenvalue weighted by Gasteiger charge is 2.33. The predicted molar refractivity (Wildman–Crippen MR) is 88.7 cm³/mol. The van der Waals surface area contributed by atoms with Crippen molar-refractivity contribution >= 4 is 28.3 Å². The van der Waals surface area contributed by atoms with Gasteiger partial charge in [-0.1, -0.05) is 0 Å². The van der Waals surface area contributed by atoms with Crippen LogP contribution in [0.4, 0.5) is 11.5 Å². The number of hydrogen-bond acceptors (Lipinski definition) is 5. The average Bonchev–Trinajstić information content (AvgIpc) is 3.37. The molecule has 4 rings (SSSR count). The maximum Gasteiger partial charge on any atom is 0.270 e. The molecule has 8 nitrogen and oxygen atoms in total. The first-order valence-corrected chi connectivity index (χ1v) is 8.29. The number of carbonyl (C=O) groups is 1. The molecular weight excluding hydrogens is 310 g/mol. The molecule has 1 amide bonds. The summed E-state index contributed by atoms with van der Waals surface area (Å²) in [6, 6.07) is 5.19. The number of amides is 1. The Kier molecular flexibility index (Phi) is 3.68. The second-order valence-electron chi connectivity index (χ2n) is 6.59. The summed E-state index contributed by atoms with van der Waals surface area (Å²) < 4.78 is 0. The van der Waals surface area contributed by atoms with Gasteiger partial charge in [0.15, 0.2) is 5.82 Å². The van der Waals surface area contributed by atoms with Crippen molar-refractivity contribution in [1.82, 2.24) is 15.1 Å². The molecule has 0 spiro atoms. The number of piperidine rings is 1. The van der Waals surface area contributed by atoms with Crippen molar-refractivity contribution in [3.05, 3.63) is 28.3 Å². The van der Waals surface area contributed by atoms with Crippen LogP contribution in [0.15, 0.2) is 18.2 Å². The first-order chi connectivity index (χ1) is 11.6. The van der Waals surface area contributed by atoms with E-state index < -0.39 is 4.92 Å². The number of nitrogens with zero attached hydrogens (tertiary/aromatic N) is 3. The van der Waals surface area contributed by atoms with Gasteiger partial charge in [0.05, 0.1) is 15.8 Å². The summed E-state index contributed by atoms with van der Waals surface area (Å²) in [6.45, 7) is 1.94. The van der Waals surface area contributed by atoms with E-state index in [0.29, 0.717) is 16.7 Å². The molecule has 2 fully saturated rings. The summed E-state index contributed by atoms with van der Waals surface area (Å²) in [5.41, 5.74) is 0.650. The van der Waals surface area contributed by atoms with Gasteiger partial charge in [-0.05, 0) is 44.8 Å². The number of anilines is 1. The standard InChI is InChI=1S/C16H19N5O3/c22-16(10-5-7-20(8-6-10)11-1-2-11)17-15-13-9-12(21(23)24)3-4-14(13)18-19-15/h3-4,9-11H,1-2,5-8H2,(H2,17,18,19,22). The summed E-state index contributed by atoms with van der Waals surface area (Å²) in [4.78, 5) is 25.4. The molecular formula is C16H19N5O3. The third-order valence-corrected chi connectivity index (χ3v) is 4.96. The second kappa shape index (κ2) is 5.86. The van der Waals surface area contributed by atoms with Gasteiger partial charge in [-0.25, -0.2) is 0 Å². The Bertz CT molecular complexity index is 790. The summed E-state index contributed by atoms with van der Waals surface area (Å²) in [6.07, 6.45) is 4.28. The Morgan fingerprint density at radius 3 is 2.71 bits per heavy atom. The zero-order valence-corrected chi connectivity index (χ0v) is 13.2. The van der Waals surface area contributed by atoms with E-state index in [9.17, 15) is 14.9 Å². The van der Waals surface area contributed by atoms with E-state index in [1.165, 1.54) is 25.0 Å². The van der Waals surface area contributed by atoms with E-state index in [1.54, 1.807) is 6.07 Å². The first-order valence-electron chi connectivity index (χ1n) is 8.29. The number of nitro groups is 1. The number of aromatic amines is 1. The fourth-order valence-corrected chi connectivity index (χ4v) is 3.40. The Morgan fingerprint density at radius 2 is 2.04 bits per heavy atom. The van der Waals surface area contributed by atoms with E-state index in [2.05, 4.69) is 20.4 Å². The lowest BCUT2D eigenvalue weighted by atomic mass is 9.96. The second-order valence-corrected chi connectivity index (χ2v) is 6.59. The molecule has 0 bridgehead atoms. The molecule has 24 heavy (non-hydrogen) atoms. The van der Waals surface area contributed by atoms with E-state index in [1.807, 2.05) is 0 Å². The third-order valence-electron chi connectivity index (χ3n) is 4.96. The molecule has 0 unspecified atom stereocenters. The molecule has 1 saturated heterocycles. The average molecular weight is 329 g/mol. The van der Waals surface area contributed by atoms with Gasteiger partial charge in [0.25, 0.3) is 5.69 Å². The van der Waals surface area contributed by atoms with Crippen LogP contribution in [0.25, 0.3) is 10.9 Å². The molecule has 2 N–H and O–H groups in total. The van der Waals surface area contributed by atoms with Crippen LogP contribution in [-0.2, 0) is 4.79 Å². The SMILES string of the molecule is O=C(Nc1n[nH]c2ccc([N+](=O)[O-])cc12)C1CCN(C2CC2)CC1. The number of nitro benzene ring substituents is 1. The lowest BCUT2D eigenvalue weighted by Crippen LogP contribution is -2.39. The van der Waals surface area contributed by atoms with E-state index in [4.69, 9.17) is 0 Å². The molecule has 1 aliphatic heterocycles. The van der Waals surface area contributed by atoms with Crippen LogP contribution in [0.1, 0.15) is 25.7 Å². The van der Waals surface area contributed by atoms with Gasteiger partial charge in [-0.2, -0.15) is 5.10 Å². The Labute approximate surface area is 138 Å². The molecule has 1 aromatic heterocycles. The van der Waals surface area contributed by atoms with Gasteiger partial charge in [-0.3, -0.25) is 20.0 Å². The normalized spacial score (nSPS) is 19.5. The number of fused-ring (bicyclic) bond motifs is 1. The molecule has 1 saturated carbocycles. The van der Waals surface area contributed by atoms with Crippen LogP contribution in [0, 0.1) is 16.0 Å². The van der Waals surface area contributed by atoms with Crippen molar-refractivity contribution in [3.8, 4) is 0 Å². The number of hydrogen-bond donors (Lipinski definition) is 2. The van der Waals surface area contributed by atoms with Gasteiger partial charge >= 0.3 is 0 Å². The summed E-state index contributed by atoms with van der Waals surface area (Å²) >= 11 is 0. The minimum atomic E-state index is -0.453. The fraction of sp³-hybridized carbons (Fsp3) is 0.500. The molecule has 2 aromatic rings. The maximum atomic E-state index is 12.5. The first kappa shape index (κ1) is 15.1. The lowest BCUT2D eigenvalue weighted by molar-refractivity contribution is -0.384. The van der Waals surface area contributed by atoms with Crippen molar-refractivity contribution in [2.24, 2.45) is 5.92 Å². The van der Waals surface area contributed by atoms with Crippen LogP contribution in [-0.4, -0.2) is 45.1 Å². The van der Waals surface area contributed by atoms with Crippen molar-refractivity contribution in [2.75, 3.05) is 18.4 Å². The molecule has 0 radical (unpaired) electrons. The highest BCUT2D eigenvalue weighted by molar-refractivity contribution is 6.01. The van der Waals surface area contributed by atoms with Gasteiger partial charge in [0, 0.05) is 24.1 Å². The van der Waals surface area contributed by atoms with Crippen LogP contribution in [0.2, 0.25) is 0 Å². The van der Waals surface area contributed by atoms with Gasteiger partial charge < -0.3 is 10.2 Å². The molecule has 126 valence electrons. The number of carbonyl (C=O) groups excluding carboxylic acids is 1. The number of likely N-dealkylation sites (tertiary alicyclic amines) is 1. The highest BCUT2D eigenvalue weighted by atomic mass is 16.6. The van der Waals surface area contributed by atoms with E-state index in [0.717, 1.165) is 32.0 Å². The summed E-state index contributed by atoms with van der Waals surface area (Å²) in [5, 5.41) is 21.2. The van der Waals surface area contributed by atoms with Crippen molar-refractivity contribution in [1.29, 1.82) is 0 Å². The molecule has 2 aliphatic rings. The van der Waals surface area contributed by atoms with Crippen molar-refractivity contribution in [2.45, 2.75) is 31.7 Å². The predicted octanol–water partition coefficient (Wildman–Crippen LogP) is 2.28. The molecule has 1 aliphatic carbocycles. The molecule has 8 heteroatoms. The Hall–Kier alpha value is -2.48. The fourth-order valence-electron chi connectivity index (χ4n) is 3.40. The van der Waals surface area contributed by atoms with Crippen LogP contribution in [0.3, 0.4) is 0 Å². The number of H-pyrrole nitrogens is 1. The minimum Gasteiger partial charge on any atom is -0.308 e. The largest absolute Gasteiger partial charge is 0.308 e. The van der Waals surface area contributed by atoms with Crippen LogP contribution in [0.5, 0.6) is 0 Å². The maximum absolute atomic E-state index is 12.5. The topological polar surface area (TPSA) is 104 Å². The summed E-state index contributed by atoms with van der Waals surface area (Å²) in [7, 11) is 0. The molecule has 0 atom stereocenters. The number of nitrogens with one attached hydrogen (secondary N) is 2. The quantitative estimate of drug-likeness (QED) is 0.661. The summed E-state index contributed by atoms with van der Waals surface area (Å²) in [5.74, 6) is 0.291. The van der Waals surface area contributed by atoms with Gasteiger partial charge in [0.1, 0.15) is 0 Å². The minimum absolute atomic E-state index is 0.0165. The third kappa shape index (κ3) is 2.84. The van der Waals surface area contributed by atoms with E-state index >= 15 is 0 Å². The van der Waals surface area contributed by atoms with Crippen molar-refractivity contribution < 1.29 is 9.72 Å². The van der Waals surface area contributed by atoms with Crippen LogP contribution >= 0.6 is 0 Å². The van der Waals surface area contributed by atoms with Gasteiger partial charge in [-0.15, -0.1) is 0 Å². The van der Waals surface area contributed by atoms with Gasteiger partial charge in [0.2, 0.25) is 5.91 Å². The number of benzene rings is 1. The molecule has 2 heterocycles. The smallest absolute Gasteiger partial charge is 0.270 e. The zero-order valence-electron chi connectivity index (χ0n) is 13.2. The number of non-ortho nitro benzene ring substituents is 1. The van der Waals surface area contributed by atoms with Crippen LogP contribution < -0.4 is 5.32 Å². The highest BCUT2D eigenvalue weighted by Crippen LogP contribution is 2.31. The Balaban J connectivity index is 1.46. The monoisotopic (exact) mass is 329 g/mol.